The quantitative estimate of drug-likeness (QED) is 0.434. The molecule has 1 aromatic carbocycles. The van der Waals surface area contributed by atoms with Crippen molar-refractivity contribution in [3.63, 3.8) is 0 Å². The number of hydrogen-bond acceptors (Lipinski definition) is 2. The van der Waals surface area contributed by atoms with Crippen LogP contribution in [0.25, 0.3) is 6.08 Å². The standard InChI is InChI=1S/C14H11NO/c1-2-14(16)13(10-11-15)9-8-12-6-4-3-5-7-12/h2-10H,1H2. The lowest BCUT2D eigenvalue weighted by Gasteiger charge is -1.94. The van der Waals surface area contributed by atoms with Gasteiger partial charge in [0, 0.05) is 11.6 Å². The minimum Gasteiger partial charge on any atom is -0.289 e. The number of benzene rings is 1. The van der Waals surface area contributed by atoms with Crippen LogP contribution in [-0.2, 0) is 4.79 Å². The first-order valence-electron chi connectivity index (χ1n) is 4.77. The van der Waals surface area contributed by atoms with Gasteiger partial charge >= 0.3 is 0 Å². The van der Waals surface area contributed by atoms with Crippen LogP contribution in [0.4, 0.5) is 0 Å². The van der Waals surface area contributed by atoms with Crippen LogP contribution < -0.4 is 0 Å². The summed E-state index contributed by atoms with van der Waals surface area (Å²) in [5, 5.41) is 8.53. The van der Waals surface area contributed by atoms with E-state index in [0.29, 0.717) is 5.57 Å². The number of nitrogens with zero attached hydrogens (tertiary/aromatic N) is 1. The summed E-state index contributed by atoms with van der Waals surface area (Å²) in [5.74, 6) is -0.256. The molecule has 1 rings (SSSR count). The average Bonchev–Trinajstić information content (AvgIpc) is 2.34. The van der Waals surface area contributed by atoms with Gasteiger partial charge in [0.15, 0.2) is 5.78 Å². The van der Waals surface area contributed by atoms with Gasteiger partial charge in [-0.2, -0.15) is 5.26 Å². The van der Waals surface area contributed by atoms with Crippen molar-refractivity contribution in [1.82, 2.24) is 0 Å². The van der Waals surface area contributed by atoms with Crippen LogP contribution in [0.3, 0.4) is 0 Å². The summed E-state index contributed by atoms with van der Waals surface area (Å²) in [4.78, 5) is 11.3. The van der Waals surface area contributed by atoms with Gasteiger partial charge in [-0.25, -0.2) is 0 Å². The van der Waals surface area contributed by atoms with E-state index in [1.807, 2.05) is 36.4 Å². The van der Waals surface area contributed by atoms with Crippen LogP contribution >= 0.6 is 0 Å². The van der Waals surface area contributed by atoms with E-state index in [-0.39, 0.29) is 5.78 Å². The first kappa shape index (κ1) is 11.7. The van der Waals surface area contributed by atoms with Gasteiger partial charge in [0.05, 0.1) is 6.07 Å². The van der Waals surface area contributed by atoms with Gasteiger partial charge in [-0.1, -0.05) is 43.0 Å². The molecule has 0 bridgehead atoms. The first-order valence-corrected chi connectivity index (χ1v) is 4.77. The fraction of sp³-hybridized carbons (Fsp3) is 0. The Balaban J connectivity index is 2.90. The summed E-state index contributed by atoms with van der Waals surface area (Å²) in [6.07, 6.45) is 5.80. The van der Waals surface area contributed by atoms with Crippen LogP contribution in [-0.4, -0.2) is 5.78 Å². The van der Waals surface area contributed by atoms with Crippen LogP contribution in [0.2, 0.25) is 0 Å². The van der Waals surface area contributed by atoms with Gasteiger partial charge in [-0.15, -0.1) is 0 Å². The summed E-state index contributed by atoms with van der Waals surface area (Å²) in [7, 11) is 0. The maximum atomic E-state index is 11.3. The monoisotopic (exact) mass is 209 g/mol. The van der Waals surface area contributed by atoms with E-state index in [4.69, 9.17) is 5.26 Å². The number of rotatable bonds is 4. The molecule has 2 nitrogen and oxygen atoms in total. The predicted octanol–water partition coefficient (Wildman–Crippen LogP) is 2.90. The van der Waals surface area contributed by atoms with Crippen molar-refractivity contribution in [2.24, 2.45) is 0 Å². The molecule has 0 heterocycles. The molecule has 0 amide bonds. The molecule has 0 aliphatic rings. The Morgan fingerprint density at radius 2 is 2.00 bits per heavy atom. The van der Waals surface area contributed by atoms with Crippen LogP contribution in [0.5, 0.6) is 0 Å². The summed E-state index contributed by atoms with van der Waals surface area (Å²) in [5.41, 5.74) is 1.31. The smallest absolute Gasteiger partial charge is 0.185 e. The molecule has 0 N–H and O–H groups in total. The van der Waals surface area contributed by atoms with E-state index in [1.54, 1.807) is 12.2 Å². The molecule has 0 unspecified atom stereocenters. The van der Waals surface area contributed by atoms with Crippen molar-refractivity contribution in [3.8, 4) is 6.07 Å². The minimum absolute atomic E-state index is 0.256. The van der Waals surface area contributed by atoms with E-state index in [9.17, 15) is 4.79 Å². The Bertz CT molecular complexity index is 475. The number of allylic oxidation sites excluding steroid dienone is 4. The van der Waals surface area contributed by atoms with E-state index >= 15 is 0 Å². The van der Waals surface area contributed by atoms with Gasteiger partial charge in [0.2, 0.25) is 0 Å². The second-order valence-corrected chi connectivity index (χ2v) is 3.04. The van der Waals surface area contributed by atoms with E-state index < -0.39 is 0 Å². The van der Waals surface area contributed by atoms with Crippen molar-refractivity contribution in [3.05, 3.63) is 66.3 Å². The van der Waals surface area contributed by atoms with Crippen molar-refractivity contribution in [2.75, 3.05) is 0 Å². The Morgan fingerprint density at radius 3 is 2.56 bits per heavy atom. The molecule has 0 saturated carbocycles. The molecule has 2 heteroatoms. The van der Waals surface area contributed by atoms with Gasteiger partial charge in [0.1, 0.15) is 0 Å². The van der Waals surface area contributed by atoms with Crippen LogP contribution in [0.1, 0.15) is 5.56 Å². The summed E-state index contributed by atoms with van der Waals surface area (Å²) < 4.78 is 0. The predicted molar refractivity (Wildman–Crippen MR) is 64.4 cm³/mol. The average molecular weight is 209 g/mol. The topological polar surface area (TPSA) is 40.9 Å². The second-order valence-electron chi connectivity index (χ2n) is 3.04. The molecule has 0 aromatic heterocycles. The highest BCUT2D eigenvalue weighted by atomic mass is 16.1. The molecular formula is C14H11NO. The number of hydrogen-bond donors (Lipinski definition) is 0. The lowest BCUT2D eigenvalue weighted by molar-refractivity contribution is -0.111. The molecule has 16 heavy (non-hydrogen) atoms. The Morgan fingerprint density at radius 1 is 1.31 bits per heavy atom. The highest BCUT2D eigenvalue weighted by molar-refractivity contribution is 6.06. The maximum absolute atomic E-state index is 11.3. The van der Waals surface area contributed by atoms with Crippen LogP contribution in [0.15, 0.2) is 60.7 Å². The third-order valence-electron chi connectivity index (χ3n) is 1.94. The Labute approximate surface area is 94.8 Å². The normalized spacial score (nSPS) is 11.1. The number of nitriles is 1. The van der Waals surface area contributed by atoms with Crippen molar-refractivity contribution >= 4 is 11.9 Å². The molecule has 0 aliphatic carbocycles. The van der Waals surface area contributed by atoms with Crippen molar-refractivity contribution < 1.29 is 4.79 Å². The molecule has 78 valence electrons. The number of ketones is 1. The van der Waals surface area contributed by atoms with Gasteiger partial charge in [0.25, 0.3) is 0 Å². The van der Waals surface area contributed by atoms with Gasteiger partial charge in [-0.05, 0) is 17.7 Å². The largest absolute Gasteiger partial charge is 0.289 e. The molecule has 0 spiro atoms. The zero-order valence-corrected chi connectivity index (χ0v) is 8.76. The Kier molecular flexibility index (Phi) is 4.49. The van der Waals surface area contributed by atoms with Crippen molar-refractivity contribution in [1.29, 1.82) is 5.26 Å². The molecule has 0 aliphatic heterocycles. The second kappa shape index (κ2) is 6.15. The molecule has 1 aromatic rings. The SMILES string of the molecule is C=CC(=O)C(C=Cc1ccccc1)=CC#N. The van der Waals surface area contributed by atoms with E-state index in [0.717, 1.165) is 5.56 Å². The summed E-state index contributed by atoms with van der Waals surface area (Å²) in [6.45, 7) is 3.39. The zero-order chi connectivity index (χ0) is 11.8. The molecule has 0 radical (unpaired) electrons. The highest BCUT2D eigenvalue weighted by Gasteiger charge is 2.00. The zero-order valence-electron chi connectivity index (χ0n) is 8.76. The Hall–Kier alpha value is -2.40. The fourth-order valence-electron chi connectivity index (χ4n) is 1.14. The third kappa shape index (κ3) is 3.39. The lowest BCUT2D eigenvalue weighted by Crippen LogP contribution is -1.94. The van der Waals surface area contributed by atoms with E-state index in [1.165, 1.54) is 12.2 Å². The molecule has 0 atom stereocenters. The third-order valence-corrected chi connectivity index (χ3v) is 1.94. The molecule has 0 fully saturated rings. The number of carbonyl (C=O) groups is 1. The van der Waals surface area contributed by atoms with E-state index in [2.05, 4.69) is 6.58 Å². The van der Waals surface area contributed by atoms with Crippen LogP contribution in [0, 0.1) is 11.3 Å². The minimum atomic E-state index is -0.256. The summed E-state index contributed by atoms with van der Waals surface area (Å²) in [6, 6.07) is 11.4. The highest BCUT2D eigenvalue weighted by Crippen LogP contribution is 2.06. The molecule has 0 saturated heterocycles. The maximum Gasteiger partial charge on any atom is 0.185 e. The van der Waals surface area contributed by atoms with Crippen molar-refractivity contribution in [2.45, 2.75) is 0 Å². The molecular weight excluding hydrogens is 198 g/mol. The summed E-state index contributed by atoms with van der Waals surface area (Å²) >= 11 is 0. The first-order chi connectivity index (χ1) is 7.77. The lowest BCUT2D eigenvalue weighted by atomic mass is 10.1. The van der Waals surface area contributed by atoms with Gasteiger partial charge in [-0.3, -0.25) is 4.79 Å². The van der Waals surface area contributed by atoms with Gasteiger partial charge < -0.3 is 0 Å². The fourth-order valence-corrected chi connectivity index (χ4v) is 1.14. The number of carbonyl (C=O) groups excluding carboxylic acids is 1.